The van der Waals surface area contributed by atoms with Crippen LogP contribution in [-0.2, 0) is 0 Å². The highest BCUT2D eigenvalue weighted by molar-refractivity contribution is 5.91. The van der Waals surface area contributed by atoms with Gasteiger partial charge in [-0.05, 0) is 49.8 Å². The summed E-state index contributed by atoms with van der Waals surface area (Å²) in [6.45, 7) is 3.72. The largest absolute Gasteiger partial charge is 0.493 e. The summed E-state index contributed by atoms with van der Waals surface area (Å²) in [7, 11) is 5.26. The molecule has 4 rings (SSSR count). The van der Waals surface area contributed by atoms with Crippen molar-refractivity contribution in [3.05, 3.63) is 36.1 Å². The van der Waals surface area contributed by atoms with Crippen molar-refractivity contribution in [1.82, 2.24) is 20.6 Å². The van der Waals surface area contributed by atoms with Gasteiger partial charge in [0.25, 0.3) is 0 Å². The fourth-order valence-electron chi connectivity index (χ4n) is 4.47. The monoisotopic (exact) mass is 410 g/mol. The van der Waals surface area contributed by atoms with E-state index in [0.29, 0.717) is 23.3 Å². The zero-order chi connectivity index (χ0) is 21.1. The number of allylic oxidation sites excluding steroid dienone is 2. The molecule has 0 atom stereocenters. The summed E-state index contributed by atoms with van der Waals surface area (Å²) in [6, 6.07) is 3.68. The van der Waals surface area contributed by atoms with Gasteiger partial charge in [-0.1, -0.05) is 6.08 Å². The fraction of sp³-hybridized carbons (Fsp3) is 0.455. The number of dihydropyridines is 1. The van der Waals surface area contributed by atoms with Crippen LogP contribution in [0.15, 0.2) is 36.1 Å². The van der Waals surface area contributed by atoms with Gasteiger partial charge in [0.1, 0.15) is 5.82 Å². The number of aromatic nitrogens is 2. The molecule has 3 heterocycles. The van der Waals surface area contributed by atoms with Crippen molar-refractivity contribution in [2.45, 2.75) is 12.8 Å². The minimum absolute atomic E-state index is 0.0719. The van der Waals surface area contributed by atoms with Gasteiger partial charge in [0.15, 0.2) is 11.5 Å². The van der Waals surface area contributed by atoms with E-state index in [4.69, 9.17) is 20.2 Å². The molecule has 8 heteroatoms. The molecule has 0 amide bonds. The van der Waals surface area contributed by atoms with E-state index in [2.05, 4.69) is 32.7 Å². The Hall–Kier alpha value is -3.00. The van der Waals surface area contributed by atoms with Crippen molar-refractivity contribution >= 4 is 22.7 Å². The van der Waals surface area contributed by atoms with Gasteiger partial charge in [0, 0.05) is 37.0 Å². The van der Waals surface area contributed by atoms with Crippen LogP contribution in [0, 0.1) is 5.41 Å². The fourth-order valence-corrected chi connectivity index (χ4v) is 4.47. The van der Waals surface area contributed by atoms with Gasteiger partial charge in [0.05, 0.1) is 19.7 Å². The first kappa shape index (κ1) is 20.3. The van der Waals surface area contributed by atoms with Crippen molar-refractivity contribution in [1.29, 1.82) is 0 Å². The van der Waals surface area contributed by atoms with Crippen LogP contribution in [0.4, 0.5) is 11.8 Å². The van der Waals surface area contributed by atoms with E-state index in [1.54, 1.807) is 14.2 Å². The van der Waals surface area contributed by atoms with E-state index in [9.17, 15) is 0 Å². The Morgan fingerprint density at radius 2 is 1.87 bits per heavy atom. The zero-order valence-corrected chi connectivity index (χ0v) is 17.9. The number of nitrogens with zero attached hydrogens (tertiary/aromatic N) is 3. The predicted molar refractivity (Wildman–Crippen MR) is 120 cm³/mol. The molecule has 1 aromatic heterocycles. The second kappa shape index (κ2) is 8.39. The zero-order valence-electron chi connectivity index (χ0n) is 17.9. The molecule has 0 spiro atoms. The van der Waals surface area contributed by atoms with Crippen LogP contribution < -0.4 is 30.7 Å². The SMILES string of the molecule is COc1cc2nc(N(C)CC3(C4=CC=CNC4)CCNCC3)nc(N)c2cc1OC. The Morgan fingerprint density at radius 1 is 1.13 bits per heavy atom. The Balaban J connectivity index is 1.68. The lowest BCUT2D eigenvalue weighted by atomic mass is 9.71. The van der Waals surface area contributed by atoms with Crippen molar-refractivity contribution in [3.63, 3.8) is 0 Å². The molecular formula is C22H30N6O2. The van der Waals surface area contributed by atoms with Crippen LogP contribution in [0.1, 0.15) is 12.8 Å². The molecule has 160 valence electrons. The van der Waals surface area contributed by atoms with Gasteiger partial charge in [0.2, 0.25) is 5.95 Å². The second-order valence-electron chi connectivity index (χ2n) is 7.95. The highest BCUT2D eigenvalue weighted by atomic mass is 16.5. The van der Waals surface area contributed by atoms with E-state index in [0.717, 1.165) is 49.9 Å². The van der Waals surface area contributed by atoms with Crippen molar-refractivity contribution < 1.29 is 9.47 Å². The van der Waals surface area contributed by atoms with E-state index in [1.807, 2.05) is 25.4 Å². The third-order valence-electron chi connectivity index (χ3n) is 6.15. The lowest BCUT2D eigenvalue weighted by Crippen LogP contribution is -2.47. The van der Waals surface area contributed by atoms with Crippen molar-refractivity contribution in [3.8, 4) is 11.5 Å². The summed E-state index contributed by atoms with van der Waals surface area (Å²) in [4.78, 5) is 11.5. The predicted octanol–water partition coefficient (Wildman–Crippen LogP) is 2.08. The first-order chi connectivity index (χ1) is 14.6. The molecule has 1 fully saturated rings. The molecule has 0 bridgehead atoms. The van der Waals surface area contributed by atoms with E-state index in [-0.39, 0.29) is 5.41 Å². The maximum absolute atomic E-state index is 6.30. The molecule has 4 N–H and O–H groups in total. The highest BCUT2D eigenvalue weighted by Gasteiger charge is 2.37. The summed E-state index contributed by atoms with van der Waals surface area (Å²) >= 11 is 0. The molecule has 2 aliphatic rings. The topological polar surface area (TPSA) is 97.6 Å². The maximum atomic E-state index is 6.30. The number of rotatable bonds is 6. The first-order valence-corrected chi connectivity index (χ1v) is 10.3. The van der Waals surface area contributed by atoms with E-state index in [1.165, 1.54) is 5.57 Å². The van der Waals surface area contributed by atoms with Gasteiger partial charge in [-0.3, -0.25) is 0 Å². The second-order valence-corrected chi connectivity index (χ2v) is 7.95. The number of hydrogen-bond donors (Lipinski definition) is 3. The lowest BCUT2D eigenvalue weighted by Gasteiger charge is -2.43. The number of nitrogens with two attached hydrogens (primary N) is 1. The first-order valence-electron chi connectivity index (χ1n) is 10.3. The molecule has 0 unspecified atom stereocenters. The summed E-state index contributed by atoms with van der Waals surface area (Å²) < 4.78 is 10.8. The third kappa shape index (κ3) is 3.75. The van der Waals surface area contributed by atoms with Crippen LogP contribution >= 0.6 is 0 Å². The van der Waals surface area contributed by atoms with Gasteiger partial charge < -0.3 is 30.7 Å². The van der Waals surface area contributed by atoms with Crippen LogP contribution in [0.25, 0.3) is 10.9 Å². The molecule has 8 nitrogen and oxygen atoms in total. The average molecular weight is 411 g/mol. The van der Waals surface area contributed by atoms with Gasteiger partial charge in [-0.25, -0.2) is 4.98 Å². The Bertz CT molecular complexity index is 981. The number of ether oxygens (including phenoxy) is 2. The standard InChI is InChI=1S/C22H30N6O2/c1-28(14-22(6-9-24-10-7-22)15-5-4-8-25-13-15)21-26-17-12-19(30-3)18(29-2)11-16(17)20(23)27-21/h4-5,8,11-12,24-25H,6-7,9-10,13-14H2,1-3H3,(H2,23,26,27). The number of hydrogen-bond acceptors (Lipinski definition) is 8. The van der Waals surface area contributed by atoms with E-state index >= 15 is 0 Å². The number of nitrogen functional groups attached to an aromatic ring is 1. The van der Waals surface area contributed by atoms with Gasteiger partial charge in [-0.2, -0.15) is 4.98 Å². The van der Waals surface area contributed by atoms with E-state index < -0.39 is 0 Å². The number of piperidine rings is 1. The minimum atomic E-state index is 0.0719. The number of anilines is 2. The molecular weight excluding hydrogens is 380 g/mol. The van der Waals surface area contributed by atoms with Crippen molar-refractivity contribution in [2.75, 3.05) is 58.1 Å². The Kier molecular flexibility index (Phi) is 5.67. The van der Waals surface area contributed by atoms with Crippen molar-refractivity contribution in [2.24, 2.45) is 5.41 Å². The molecule has 0 aliphatic carbocycles. The minimum Gasteiger partial charge on any atom is -0.493 e. The highest BCUT2D eigenvalue weighted by Crippen LogP contribution is 2.39. The molecule has 1 saturated heterocycles. The number of nitrogens with one attached hydrogen (secondary N) is 2. The molecule has 0 saturated carbocycles. The Labute approximate surface area is 177 Å². The molecule has 2 aliphatic heterocycles. The molecule has 2 aromatic rings. The molecule has 0 radical (unpaired) electrons. The number of fused-ring (bicyclic) bond motifs is 1. The van der Waals surface area contributed by atoms with Crippen LogP contribution in [0.5, 0.6) is 11.5 Å². The quantitative estimate of drug-likeness (QED) is 0.666. The molecule has 30 heavy (non-hydrogen) atoms. The molecule has 1 aromatic carbocycles. The average Bonchev–Trinajstić information content (AvgIpc) is 2.79. The van der Waals surface area contributed by atoms with Crippen LogP contribution in [0.3, 0.4) is 0 Å². The smallest absolute Gasteiger partial charge is 0.227 e. The Morgan fingerprint density at radius 3 is 2.53 bits per heavy atom. The lowest BCUT2D eigenvalue weighted by molar-refractivity contribution is 0.253. The third-order valence-corrected chi connectivity index (χ3v) is 6.15. The summed E-state index contributed by atoms with van der Waals surface area (Å²) in [5.41, 5.74) is 8.54. The normalized spacial score (nSPS) is 17.9. The number of benzene rings is 1. The van der Waals surface area contributed by atoms with Crippen LogP contribution in [0.2, 0.25) is 0 Å². The number of methoxy groups -OCH3 is 2. The van der Waals surface area contributed by atoms with Gasteiger partial charge in [-0.15, -0.1) is 0 Å². The van der Waals surface area contributed by atoms with Crippen LogP contribution in [-0.4, -0.2) is 57.4 Å². The summed E-state index contributed by atoms with van der Waals surface area (Å²) in [5, 5.41) is 7.60. The van der Waals surface area contributed by atoms with Gasteiger partial charge >= 0.3 is 0 Å². The maximum Gasteiger partial charge on any atom is 0.227 e. The summed E-state index contributed by atoms with van der Waals surface area (Å²) in [5.74, 6) is 2.28. The summed E-state index contributed by atoms with van der Waals surface area (Å²) in [6.07, 6.45) is 8.49.